The van der Waals surface area contributed by atoms with E-state index in [4.69, 9.17) is 5.11 Å². The molecule has 1 aromatic carbocycles. The lowest BCUT2D eigenvalue weighted by Gasteiger charge is -2.05. The zero-order chi connectivity index (χ0) is 16.1. The number of amides is 1. The van der Waals surface area contributed by atoms with Crippen molar-refractivity contribution in [2.45, 2.75) is 33.6 Å². The van der Waals surface area contributed by atoms with E-state index in [-0.39, 0.29) is 12.5 Å². The molecule has 0 aliphatic heterocycles. The van der Waals surface area contributed by atoms with Crippen LogP contribution in [0.15, 0.2) is 24.3 Å². The molecule has 2 rings (SSSR count). The van der Waals surface area contributed by atoms with Crippen LogP contribution < -0.4 is 5.32 Å². The molecule has 2 N–H and O–H groups in total. The highest BCUT2D eigenvalue weighted by atomic mass is 32.1. The van der Waals surface area contributed by atoms with Crippen LogP contribution in [0.3, 0.4) is 0 Å². The number of anilines is 1. The van der Waals surface area contributed by atoms with Crippen molar-refractivity contribution >= 4 is 22.9 Å². The fraction of sp³-hybridized carbons (Fsp3) is 0.412. The fourth-order valence-corrected chi connectivity index (χ4v) is 3.34. The topological polar surface area (TPSA) is 62.2 Å². The van der Waals surface area contributed by atoms with Gasteiger partial charge in [-0.25, -0.2) is 4.98 Å². The third-order valence-corrected chi connectivity index (χ3v) is 4.42. The number of carbonyl (C=O) groups excluding carboxylic acids is 1. The third-order valence-electron chi connectivity index (χ3n) is 3.24. The predicted octanol–water partition coefficient (Wildman–Crippen LogP) is 3.44. The molecule has 0 atom stereocenters. The molecule has 118 valence electrons. The summed E-state index contributed by atoms with van der Waals surface area (Å²) in [6, 6.07) is 7.54. The lowest BCUT2D eigenvalue weighted by atomic mass is 10.1. The van der Waals surface area contributed by atoms with Gasteiger partial charge in [0, 0.05) is 18.7 Å². The monoisotopic (exact) mass is 318 g/mol. The maximum Gasteiger partial charge on any atom is 0.267 e. The van der Waals surface area contributed by atoms with Crippen LogP contribution in [0.5, 0.6) is 0 Å². The number of hydrogen-bond donors (Lipinski definition) is 2. The largest absolute Gasteiger partial charge is 0.396 e. The molecule has 1 amide bonds. The molecule has 1 aromatic heterocycles. The van der Waals surface area contributed by atoms with E-state index >= 15 is 0 Å². The predicted molar refractivity (Wildman–Crippen MR) is 90.6 cm³/mol. The Kier molecular flexibility index (Phi) is 5.69. The standard InChI is InChI=1S/C17H22N2O2S/c1-11(2)10-15-18-12(3)16(22-15)17(21)19-14-6-4-13(5-7-14)8-9-20/h4-7,11,20H,8-10H2,1-3H3,(H,19,21). The average Bonchev–Trinajstić information content (AvgIpc) is 2.81. The Hall–Kier alpha value is -1.72. The number of aliphatic hydroxyl groups excluding tert-OH is 1. The van der Waals surface area contributed by atoms with Crippen molar-refractivity contribution < 1.29 is 9.90 Å². The van der Waals surface area contributed by atoms with Gasteiger partial charge in [0.15, 0.2) is 0 Å². The molecule has 0 saturated heterocycles. The summed E-state index contributed by atoms with van der Waals surface area (Å²) < 4.78 is 0. The molecule has 0 fully saturated rings. The van der Waals surface area contributed by atoms with Gasteiger partial charge in [-0.2, -0.15) is 0 Å². The normalized spacial score (nSPS) is 11.0. The molecule has 0 aliphatic rings. The molecule has 1 heterocycles. The van der Waals surface area contributed by atoms with Crippen molar-refractivity contribution in [1.29, 1.82) is 0 Å². The second-order valence-corrected chi connectivity index (χ2v) is 6.83. The van der Waals surface area contributed by atoms with Gasteiger partial charge in [-0.3, -0.25) is 4.79 Å². The van der Waals surface area contributed by atoms with Gasteiger partial charge in [-0.1, -0.05) is 26.0 Å². The van der Waals surface area contributed by atoms with Crippen LogP contribution in [0.25, 0.3) is 0 Å². The van der Waals surface area contributed by atoms with Gasteiger partial charge < -0.3 is 10.4 Å². The number of rotatable bonds is 6. The van der Waals surface area contributed by atoms with Gasteiger partial charge in [-0.05, 0) is 37.0 Å². The maximum absolute atomic E-state index is 12.4. The molecular formula is C17H22N2O2S. The number of carbonyl (C=O) groups is 1. The van der Waals surface area contributed by atoms with Crippen molar-refractivity contribution in [2.24, 2.45) is 5.92 Å². The third kappa shape index (κ3) is 4.39. The van der Waals surface area contributed by atoms with Crippen LogP contribution in [0.2, 0.25) is 0 Å². The number of hydrogen-bond acceptors (Lipinski definition) is 4. The van der Waals surface area contributed by atoms with Crippen LogP contribution in [-0.2, 0) is 12.8 Å². The molecule has 5 heteroatoms. The number of benzene rings is 1. The van der Waals surface area contributed by atoms with Crippen LogP contribution in [0, 0.1) is 12.8 Å². The SMILES string of the molecule is Cc1nc(CC(C)C)sc1C(=O)Nc1ccc(CCO)cc1. The minimum absolute atomic E-state index is 0.111. The van der Waals surface area contributed by atoms with Crippen molar-refractivity contribution in [1.82, 2.24) is 4.98 Å². The summed E-state index contributed by atoms with van der Waals surface area (Å²) in [4.78, 5) is 17.5. The number of nitrogens with zero attached hydrogens (tertiary/aromatic N) is 1. The zero-order valence-corrected chi connectivity index (χ0v) is 14.0. The maximum atomic E-state index is 12.4. The van der Waals surface area contributed by atoms with E-state index in [1.807, 2.05) is 31.2 Å². The van der Waals surface area contributed by atoms with Gasteiger partial charge in [0.2, 0.25) is 0 Å². The van der Waals surface area contributed by atoms with Gasteiger partial charge in [0.1, 0.15) is 4.88 Å². The first-order valence-electron chi connectivity index (χ1n) is 7.47. The first-order chi connectivity index (χ1) is 10.5. The number of nitrogens with one attached hydrogen (secondary N) is 1. The van der Waals surface area contributed by atoms with E-state index in [0.29, 0.717) is 17.2 Å². The van der Waals surface area contributed by atoms with Crippen LogP contribution in [0.1, 0.15) is 39.8 Å². The van der Waals surface area contributed by atoms with E-state index in [1.165, 1.54) is 11.3 Å². The Bertz CT molecular complexity index is 633. The van der Waals surface area contributed by atoms with E-state index in [0.717, 1.165) is 28.4 Å². The Morgan fingerprint density at radius 1 is 1.32 bits per heavy atom. The van der Waals surface area contributed by atoms with Gasteiger partial charge >= 0.3 is 0 Å². The summed E-state index contributed by atoms with van der Waals surface area (Å²) in [5.41, 5.74) is 2.59. The second-order valence-electron chi connectivity index (χ2n) is 5.74. The Labute approximate surface area is 135 Å². The molecule has 0 unspecified atom stereocenters. The summed E-state index contributed by atoms with van der Waals surface area (Å²) in [5, 5.41) is 12.8. The Balaban J connectivity index is 2.06. The quantitative estimate of drug-likeness (QED) is 0.857. The molecule has 0 saturated carbocycles. The smallest absolute Gasteiger partial charge is 0.267 e. The minimum atomic E-state index is -0.111. The number of thiazole rings is 1. The van der Waals surface area contributed by atoms with Crippen molar-refractivity contribution in [2.75, 3.05) is 11.9 Å². The van der Waals surface area contributed by atoms with Crippen LogP contribution in [0.4, 0.5) is 5.69 Å². The number of aromatic nitrogens is 1. The first-order valence-corrected chi connectivity index (χ1v) is 8.28. The van der Waals surface area contributed by atoms with E-state index in [1.54, 1.807) is 0 Å². The Morgan fingerprint density at radius 3 is 2.59 bits per heavy atom. The van der Waals surface area contributed by atoms with Crippen molar-refractivity contribution in [3.8, 4) is 0 Å². The molecule has 22 heavy (non-hydrogen) atoms. The number of aryl methyl sites for hydroxylation is 1. The fourth-order valence-electron chi connectivity index (χ4n) is 2.17. The van der Waals surface area contributed by atoms with Gasteiger partial charge in [-0.15, -0.1) is 11.3 Å². The minimum Gasteiger partial charge on any atom is -0.396 e. The summed E-state index contributed by atoms with van der Waals surface area (Å²) in [6.45, 7) is 6.29. The van der Waals surface area contributed by atoms with E-state index in [2.05, 4.69) is 24.1 Å². The summed E-state index contributed by atoms with van der Waals surface area (Å²) in [5.74, 6) is 0.417. The zero-order valence-electron chi connectivity index (χ0n) is 13.2. The highest BCUT2D eigenvalue weighted by molar-refractivity contribution is 7.13. The van der Waals surface area contributed by atoms with Gasteiger partial charge in [0.05, 0.1) is 10.7 Å². The van der Waals surface area contributed by atoms with Crippen LogP contribution >= 0.6 is 11.3 Å². The van der Waals surface area contributed by atoms with E-state index < -0.39 is 0 Å². The average molecular weight is 318 g/mol. The van der Waals surface area contributed by atoms with Gasteiger partial charge in [0.25, 0.3) is 5.91 Å². The van der Waals surface area contributed by atoms with Crippen molar-refractivity contribution in [3.63, 3.8) is 0 Å². The molecular weight excluding hydrogens is 296 g/mol. The van der Waals surface area contributed by atoms with E-state index in [9.17, 15) is 4.79 Å². The van der Waals surface area contributed by atoms with Crippen LogP contribution in [-0.4, -0.2) is 22.6 Å². The highest BCUT2D eigenvalue weighted by Crippen LogP contribution is 2.22. The summed E-state index contributed by atoms with van der Waals surface area (Å²) in [6.07, 6.45) is 1.52. The molecule has 4 nitrogen and oxygen atoms in total. The number of aliphatic hydroxyl groups is 1. The van der Waals surface area contributed by atoms with Crippen molar-refractivity contribution in [3.05, 3.63) is 45.4 Å². The molecule has 0 radical (unpaired) electrons. The Morgan fingerprint density at radius 2 is 2.00 bits per heavy atom. The lowest BCUT2D eigenvalue weighted by Crippen LogP contribution is -2.11. The highest BCUT2D eigenvalue weighted by Gasteiger charge is 2.16. The first kappa shape index (κ1) is 16.6. The second kappa shape index (κ2) is 7.51. The molecule has 0 bridgehead atoms. The molecule has 0 spiro atoms. The lowest BCUT2D eigenvalue weighted by molar-refractivity contribution is 0.103. The summed E-state index contributed by atoms with van der Waals surface area (Å²) in [7, 11) is 0. The molecule has 0 aliphatic carbocycles. The molecule has 2 aromatic rings. The summed E-state index contributed by atoms with van der Waals surface area (Å²) >= 11 is 1.47.